The number of carboxylic acids is 2. The van der Waals surface area contributed by atoms with Crippen molar-refractivity contribution in [3.63, 3.8) is 0 Å². The number of hydrogen-bond donors (Lipinski definition) is 8. The molecule has 30 heavy (non-hydrogen) atoms. The first kappa shape index (κ1) is 25.1. The molecule has 0 amide bonds. The van der Waals surface area contributed by atoms with Gasteiger partial charge in [0, 0.05) is 0 Å². The minimum absolute atomic E-state index is 0.0311. The van der Waals surface area contributed by atoms with Gasteiger partial charge in [0.05, 0.1) is 0 Å². The number of aromatic hydroxyl groups is 2. The van der Waals surface area contributed by atoms with E-state index in [4.69, 9.17) is 35.9 Å². The van der Waals surface area contributed by atoms with Gasteiger partial charge >= 0.3 is 19.7 Å². The predicted octanol–water partition coefficient (Wildman–Crippen LogP) is 0.417. The molecule has 2 aromatic rings. The summed E-state index contributed by atoms with van der Waals surface area (Å²) in [7, 11) is -4.60. The van der Waals surface area contributed by atoms with Gasteiger partial charge in [-0.3, -0.25) is 9.59 Å². The molecular formula is C18H23N2O9P. The average molecular weight is 442 g/mol. The van der Waals surface area contributed by atoms with Gasteiger partial charge in [0.15, 0.2) is 0 Å². The van der Waals surface area contributed by atoms with Gasteiger partial charge in [0.25, 0.3) is 0 Å². The zero-order chi connectivity index (χ0) is 22.9. The minimum Gasteiger partial charge on any atom is -0.508 e. The van der Waals surface area contributed by atoms with Crippen molar-refractivity contribution in [3.05, 3.63) is 59.7 Å². The third-order valence-electron chi connectivity index (χ3n) is 3.71. The summed E-state index contributed by atoms with van der Waals surface area (Å²) < 4.78 is 10.7. The van der Waals surface area contributed by atoms with Crippen LogP contribution in [0.3, 0.4) is 0 Å². The minimum atomic E-state index is -4.60. The van der Waals surface area contributed by atoms with E-state index in [0.29, 0.717) is 5.56 Å². The number of carbonyl (C=O) groups is 2. The zero-order valence-corrected chi connectivity index (χ0v) is 16.5. The molecule has 0 aliphatic carbocycles. The van der Waals surface area contributed by atoms with Crippen molar-refractivity contribution in [1.29, 1.82) is 0 Å². The maximum absolute atomic E-state index is 10.8. The number of rotatable bonds is 8. The highest BCUT2D eigenvalue weighted by Crippen LogP contribution is 2.29. The van der Waals surface area contributed by atoms with Gasteiger partial charge in [-0.15, -0.1) is 0 Å². The Balaban J connectivity index is 0.000000311. The van der Waals surface area contributed by atoms with Crippen LogP contribution in [-0.2, 0) is 27.0 Å². The molecule has 0 heterocycles. The van der Waals surface area contributed by atoms with Crippen molar-refractivity contribution in [3.8, 4) is 11.5 Å². The Kier molecular flexibility index (Phi) is 9.44. The smallest absolute Gasteiger partial charge is 0.401 e. The molecule has 0 bridgehead atoms. The van der Waals surface area contributed by atoms with Crippen molar-refractivity contribution < 1.29 is 44.4 Å². The van der Waals surface area contributed by atoms with E-state index in [1.54, 1.807) is 17.2 Å². The van der Waals surface area contributed by atoms with E-state index in [2.05, 4.69) is 0 Å². The molecule has 0 saturated carbocycles. The van der Waals surface area contributed by atoms with Crippen molar-refractivity contribution in [2.45, 2.75) is 24.9 Å². The standard InChI is InChI=1S/C9H12NO6P.C9H11NO3/c11-7-3-1-6(2-4-7)5-8(9(12)13)10-17(14,15)16;10-8(9(12)13)5-6-1-3-7(11)4-2-6/h1-4,8,11H,5H2,(H,12,13)(H3,10,14,15,16);1-4,8,11H,5,10H2,(H,12,13)/t2*8-/m00/s1. The molecule has 2 rings (SSSR count). The molecule has 164 valence electrons. The number of nitrogens with two attached hydrogens (primary N) is 1. The predicted molar refractivity (Wildman–Crippen MR) is 106 cm³/mol. The number of carboxylic acid groups (broad SMARTS) is 2. The second kappa shape index (κ2) is 11.3. The van der Waals surface area contributed by atoms with E-state index in [-0.39, 0.29) is 24.3 Å². The van der Waals surface area contributed by atoms with Gasteiger partial charge in [-0.05, 0) is 48.2 Å². The molecule has 0 fully saturated rings. The van der Waals surface area contributed by atoms with Crippen LogP contribution in [-0.4, -0.2) is 54.2 Å². The van der Waals surface area contributed by atoms with Crippen LogP contribution in [0.2, 0.25) is 0 Å². The maximum atomic E-state index is 10.8. The quantitative estimate of drug-likeness (QED) is 0.262. The van der Waals surface area contributed by atoms with Crippen LogP contribution < -0.4 is 10.8 Å². The molecular weight excluding hydrogens is 419 g/mol. The molecule has 2 aromatic carbocycles. The van der Waals surface area contributed by atoms with Crippen LogP contribution in [0.15, 0.2) is 48.5 Å². The van der Waals surface area contributed by atoms with E-state index in [1.807, 2.05) is 0 Å². The van der Waals surface area contributed by atoms with E-state index >= 15 is 0 Å². The molecule has 0 saturated heterocycles. The van der Waals surface area contributed by atoms with Crippen LogP contribution in [0, 0.1) is 0 Å². The van der Waals surface area contributed by atoms with Gasteiger partial charge in [-0.25, -0.2) is 9.65 Å². The van der Waals surface area contributed by atoms with E-state index in [1.165, 1.54) is 36.4 Å². The Morgan fingerprint density at radius 2 is 1.23 bits per heavy atom. The zero-order valence-electron chi connectivity index (χ0n) is 15.6. The van der Waals surface area contributed by atoms with E-state index in [0.717, 1.165) is 5.56 Å². The number of nitrogens with one attached hydrogen (secondary N) is 1. The van der Waals surface area contributed by atoms with Crippen LogP contribution in [0.25, 0.3) is 0 Å². The van der Waals surface area contributed by atoms with Crippen LogP contribution >= 0.6 is 7.75 Å². The summed E-state index contributed by atoms with van der Waals surface area (Å²) in [6, 6.07) is 9.73. The highest BCUT2D eigenvalue weighted by Gasteiger charge is 2.25. The van der Waals surface area contributed by atoms with Crippen molar-refractivity contribution in [2.24, 2.45) is 5.73 Å². The monoisotopic (exact) mass is 442 g/mol. The topological polar surface area (TPSA) is 211 Å². The Hall–Kier alpha value is -2.95. The molecule has 0 spiro atoms. The highest BCUT2D eigenvalue weighted by molar-refractivity contribution is 7.49. The van der Waals surface area contributed by atoms with Crippen LogP contribution in [0.4, 0.5) is 0 Å². The lowest BCUT2D eigenvalue weighted by Gasteiger charge is -2.15. The van der Waals surface area contributed by atoms with Gasteiger partial charge in [0.1, 0.15) is 23.6 Å². The lowest BCUT2D eigenvalue weighted by atomic mass is 10.1. The number of aliphatic carboxylic acids is 2. The summed E-state index contributed by atoms with van der Waals surface area (Å²) in [6.45, 7) is 0. The molecule has 9 N–H and O–H groups in total. The Morgan fingerprint density at radius 1 is 0.833 bits per heavy atom. The molecule has 0 unspecified atom stereocenters. The third kappa shape index (κ3) is 10.0. The van der Waals surface area contributed by atoms with Crippen molar-refractivity contribution in [2.75, 3.05) is 0 Å². The molecule has 12 heteroatoms. The van der Waals surface area contributed by atoms with Gasteiger partial charge in [-0.2, -0.15) is 0 Å². The fourth-order valence-corrected chi connectivity index (χ4v) is 2.84. The molecule has 2 atom stereocenters. The second-order valence-corrected chi connectivity index (χ2v) is 7.60. The summed E-state index contributed by atoms with van der Waals surface area (Å²) in [5.41, 5.74) is 6.66. The average Bonchev–Trinajstić information content (AvgIpc) is 2.64. The van der Waals surface area contributed by atoms with Gasteiger partial charge < -0.3 is 35.9 Å². The second-order valence-electron chi connectivity index (χ2n) is 6.25. The lowest BCUT2D eigenvalue weighted by molar-refractivity contribution is -0.139. The molecule has 0 aromatic heterocycles. The lowest BCUT2D eigenvalue weighted by Crippen LogP contribution is -2.36. The fraction of sp³-hybridized carbons (Fsp3) is 0.222. The normalized spacial score (nSPS) is 12.9. The highest BCUT2D eigenvalue weighted by atomic mass is 31.2. The Morgan fingerprint density at radius 3 is 1.57 bits per heavy atom. The molecule has 0 aliphatic rings. The summed E-state index contributed by atoms with van der Waals surface area (Å²) >= 11 is 0. The largest absolute Gasteiger partial charge is 0.508 e. The van der Waals surface area contributed by atoms with Gasteiger partial charge in [0.2, 0.25) is 0 Å². The summed E-state index contributed by atoms with van der Waals surface area (Å²) in [5.74, 6) is -2.19. The number of hydrogen-bond acceptors (Lipinski definition) is 6. The van der Waals surface area contributed by atoms with Crippen LogP contribution in [0.5, 0.6) is 11.5 Å². The summed E-state index contributed by atoms with van der Waals surface area (Å²) in [5, 5.41) is 37.0. The molecule has 0 radical (unpaired) electrons. The van der Waals surface area contributed by atoms with E-state index < -0.39 is 31.8 Å². The summed E-state index contributed by atoms with van der Waals surface area (Å²) in [4.78, 5) is 38.5. The molecule has 11 nitrogen and oxygen atoms in total. The SMILES string of the molecule is N[C@@H](Cc1ccc(O)cc1)C(=O)O.O=C(O)[C@H](Cc1ccc(O)cc1)NP(=O)(O)O. The van der Waals surface area contributed by atoms with Crippen LogP contribution in [0.1, 0.15) is 11.1 Å². The Labute approximate surface area is 171 Å². The maximum Gasteiger partial charge on any atom is 0.401 e. The van der Waals surface area contributed by atoms with Crippen molar-refractivity contribution >= 4 is 19.7 Å². The van der Waals surface area contributed by atoms with E-state index in [9.17, 15) is 14.2 Å². The number of phenols is 2. The molecule has 0 aliphatic heterocycles. The first-order valence-electron chi connectivity index (χ1n) is 8.47. The summed E-state index contributed by atoms with van der Waals surface area (Å²) in [6.07, 6.45) is 0.177. The first-order chi connectivity index (χ1) is 13.9. The fourth-order valence-electron chi connectivity index (χ4n) is 2.23. The number of benzene rings is 2. The van der Waals surface area contributed by atoms with Gasteiger partial charge in [-0.1, -0.05) is 24.3 Å². The van der Waals surface area contributed by atoms with Crippen molar-refractivity contribution in [1.82, 2.24) is 5.09 Å². The first-order valence-corrected chi connectivity index (χ1v) is 10.1. The number of phenolic OH excluding ortho intramolecular Hbond substituents is 2. The third-order valence-corrected chi connectivity index (χ3v) is 4.36. The Bertz CT molecular complexity index is 882.